The van der Waals surface area contributed by atoms with Crippen molar-refractivity contribution in [1.29, 1.82) is 0 Å². The molecule has 0 heterocycles. The van der Waals surface area contributed by atoms with Crippen molar-refractivity contribution in [3.8, 4) is 0 Å². The molecule has 0 rings (SSSR count). The van der Waals surface area contributed by atoms with Gasteiger partial charge in [0, 0.05) is 20.3 Å². The number of methoxy groups -OCH3 is 1. The molecule has 0 aromatic rings. The zero-order chi connectivity index (χ0) is 13.7. The van der Waals surface area contributed by atoms with E-state index in [1.807, 2.05) is 6.08 Å². The quantitative estimate of drug-likeness (QED) is 0.405. The second kappa shape index (κ2) is 11.7. The van der Waals surface area contributed by atoms with Crippen LogP contribution in [0.4, 0.5) is 0 Å². The van der Waals surface area contributed by atoms with Crippen LogP contribution in [0.1, 0.15) is 20.3 Å². The monoisotopic (exact) mass is 259 g/mol. The summed E-state index contributed by atoms with van der Waals surface area (Å²) in [6, 6.07) is 0. The molecule has 1 atom stereocenters. The van der Waals surface area contributed by atoms with Crippen LogP contribution in [0, 0.1) is 5.41 Å². The minimum Gasteiger partial charge on any atom is -0.382 e. The molecule has 0 amide bonds. The lowest BCUT2D eigenvalue weighted by Gasteiger charge is -2.25. The number of hydrogen-bond donors (Lipinski definition) is 1. The van der Waals surface area contributed by atoms with Crippen molar-refractivity contribution >= 4 is 0 Å². The molecular weight excluding hydrogens is 230 g/mol. The van der Waals surface area contributed by atoms with E-state index in [4.69, 9.17) is 14.2 Å². The van der Waals surface area contributed by atoms with E-state index in [2.05, 4.69) is 25.7 Å². The molecule has 4 nitrogen and oxygen atoms in total. The molecule has 0 saturated heterocycles. The van der Waals surface area contributed by atoms with Crippen LogP contribution in [-0.2, 0) is 14.2 Å². The SMILES string of the molecule is C=CC(C)(CCOCCOCCOC)CNCC. The zero-order valence-corrected chi connectivity index (χ0v) is 12.2. The summed E-state index contributed by atoms with van der Waals surface area (Å²) in [6.07, 6.45) is 2.98. The van der Waals surface area contributed by atoms with Crippen LogP contribution in [0.5, 0.6) is 0 Å². The maximum Gasteiger partial charge on any atom is 0.0701 e. The molecule has 1 N–H and O–H groups in total. The molecule has 1 unspecified atom stereocenters. The van der Waals surface area contributed by atoms with E-state index in [0.717, 1.165) is 26.1 Å². The second-order valence-corrected chi connectivity index (χ2v) is 4.61. The predicted octanol–water partition coefficient (Wildman–Crippen LogP) is 1.86. The lowest BCUT2D eigenvalue weighted by Crippen LogP contribution is -2.31. The third-order valence-electron chi connectivity index (χ3n) is 2.89. The number of ether oxygens (including phenoxy) is 3. The molecular formula is C14H29NO3. The second-order valence-electron chi connectivity index (χ2n) is 4.61. The average molecular weight is 259 g/mol. The number of hydrogen-bond acceptors (Lipinski definition) is 4. The van der Waals surface area contributed by atoms with Gasteiger partial charge in [-0.25, -0.2) is 0 Å². The molecule has 0 bridgehead atoms. The molecule has 0 aliphatic heterocycles. The Morgan fingerprint density at radius 2 is 1.72 bits per heavy atom. The lowest BCUT2D eigenvalue weighted by atomic mass is 9.87. The first-order chi connectivity index (χ1) is 8.68. The van der Waals surface area contributed by atoms with Crippen molar-refractivity contribution in [3.63, 3.8) is 0 Å². The zero-order valence-electron chi connectivity index (χ0n) is 12.2. The number of rotatable bonds is 13. The van der Waals surface area contributed by atoms with Crippen LogP contribution in [0.25, 0.3) is 0 Å². The Morgan fingerprint density at radius 1 is 1.11 bits per heavy atom. The molecule has 0 aliphatic rings. The molecule has 0 aliphatic carbocycles. The Balaban J connectivity index is 3.47. The van der Waals surface area contributed by atoms with Crippen molar-refractivity contribution in [2.24, 2.45) is 5.41 Å². The van der Waals surface area contributed by atoms with Crippen LogP contribution >= 0.6 is 0 Å². The maximum absolute atomic E-state index is 5.55. The van der Waals surface area contributed by atoms with Gasteiger partial charge in [0.05, 0.1) is 26.4 Å². The Morgan fingerprint density at radius 3 is 2.28 bits per heavy atom. The Hall–Kier alpha value is -0.420. The number of nitrogens with one attached hydrogen (secondary N) is 1. The van der Waals surface area contributed by atoms with Crippen LogP contribution in [0.2, 0.25) is 0 Å². The molecule has 18 heavy (non-hydrogen) atoms. The van der Waals surface area contributed by atoms with Crippen LogP contribution < -0.4 is 5.32 Å². The Labute approximate surface area is 112 Å². The summed E-state index contributed by atoms with van der Waals surface area (Å²) in [5.74, 6) is 0. The van der Waals surface area contributed by atoms with Crippen molar-refractivity contribution in [3.05, 3.63) is 12.7 Å². The van der Waals surface area contributed by atoms with Crippen molar-refractivity contribution < 1.29 is 14.2 Å². The van der Waals surface area contributed by atoms with Gasteiger partial charge in [0.1, 0.15) is 0 Å². The lowest BCUT2D eigenvalue weighted by molar-refractivity contribution is 0.0199. The molecule has 0 aromatic heterocycles. The van der Waals surface area contributed by atoms with Gasteiger partial charge in [-0.05, 0) is 18.4 Å². The van der Waals surface area contributed by atoms with Gasteiger partial charge in [-0.15, -0.1) is 6.58 Å². The fourth-order valence-electron chi connectivity index (χ4n) is 1.44. The molecule has 0 radical (unpaired) electrons. The first-order valence-electron chi connectivity index (χ1n) is 6.67. The van der Waals surface area contributed by atoms with E-state index in [9.17, 15) is 0 Å². The molecule has 4 heteroatoms. The minimum atomic E-state index is 0.104. The third kappa shape index (κ3) is 9.59. The Kier molecular flexibility index (Phi) is 11.4. The minimum absolute atomic E-state index is 0.104. The van der Waals surface area contributed by atoms with E-state index in [-0.39, 0.29) is 5.41 Å². The predicted molar refractivity (Wildman–Crippen MR) is 75.0 cm³/mol. The summed E-state index contributed by atoms with van der Waals surface area (Å²) in [4.78, 5) is 0. The molecule has 0 saturated carbocycles. The first kappa shape index (κ1) is 17.6. The molecule has 0 aromatic carbocycles. The van der Waals surface area contributed by atoms with E-state index >= 15 is 0 Å². The highest BCUT2D eigenvalue weighted by molar-refractivity contribution is 4.92. The van der Waals surface area contributed by atoms with Gasteiger partial charge in [-0.2, -0.15) is 0 Å². The summed E-state index contributed by atoms with van der Waals surface area (Å²) >= 11 is 0. The van der Waals surface area contributed by atoms with Gasteiger partial charge in [0.25, 0.3) is 0 Å². The van der Waals surface area contributed by atoms with E-state index in [1.54, 1.807) is 7.11 Å². The highest BCUT2D eigenvalue weighted by Gasteiger charge is 2.18. The molecule has 0 fully saturated rings. The van der Waals surface area contributed by atoms with Crippen molar-refractivity contribution in [2.45, 2.75) is 20.3 Å². The van der Waals surface area contributed by atoms with E-state index < -0.39 is 0 Å². The van der Waals surface area contributed by atoms with Crippen molar-refractivity contribution in [2.75, 3.05) is 53.2 Å². The fourth-order valence-corrected chi connectivity index (χ4v) is 1.44. The summed E-state index contributed by atoms with van der Waals surface area (Å²) in [5, 5.41) is 3.35. The first-order valence-corrected chi connectivity index (χ1v) is 6.67. The van der Waals surface area contributed by atoms with Crippen LogP contribution in [0.3, 0.4) is 0 Å². The fraction of sp³-hybridized carbons (Fsp3) is 0.857. The largest absolute Gasteiger partial charge is 0.382 e. The summed E-state index contributed by atoms with van der Waals surface area (Å²) < 4.78 is 15.7. The van der Waals surface area contributed by atoms with E-state index in [0.29, 0.717) is 26.4 Å². The van der Waals surface area contributed by atoms with Crippen molar-refractivity contribution in [1.82, 2.24) is 5.32 Å². The Bertz CT molecular complexity index is 199. The highest BCUT2D eigenvalue weighted by atomic mass is 16.5. The smallest absolute Gasteiger partial charge is 0.0701 e. The van der Waals surface area contributed by atoms with Gasteiger partial charge in [-0.1, -0.05) is 19.9 Å². The highest BCUT2D eigenvalue weighted by Crippen LogP contribution is 2.21. The molecule has 108 valence electrons. The maximum atomic E-state index is 5.55. The average Bonchev–Trinajstić information content (AvgIpc) is 2.39. The van der Waals surface area contributed by atoms with Crippen LogP contribution in [0.15, 0.2) is 12.7 Å². The standard InChI is InChI=1S/C14H29NO3/c1-5-14(3,13-15-6-2)7-8-17-11-12-18-10-9-16-4/h5,15H,1,6-13H2,2-4H3. The normalized spacial score (nSPS) is 14.4. The topological polar surface area (TPSA) is 39.7 Å². The van der Waals surface area contributed by atoms with Gasteiger partial charge >= 0.3 is 0 Å². The van der Waals surface area contributed by atoms with Crippen LogP contribution in [-0.4, -0.2) is 53.2 Å². The van der Waals surface area contributed by atoms with Gasteiger partial charge in [0.2, 0.25) is 0 Å². The van der Waals surface area contributed by atoms with Gasteiger partial charge in [0.15, 0.2) is 0 Å². The van der Waals surface area contributed by atoms with Gasteiger partial charge in [-0.3, -0.25) is 0 Å². The van der Waals surface area contributed by atoms with E-state index in [1.165, 1.54) is 0 Å². The van der Waals surface area contributed by atoms with Gasteiger partial charge < -0.3 is 19.5 Å². The molecule has 0 spiro atoms. The summed E-state index contributed by atoms with van der Waals surface area (Å²) in [7, 11) is 1.67. The third-order valence-corrected chi connectivity index (χ3v) is 2.89. The summed E-state index contributed by atoms with van der Waals surface area (Å²) in [5.41, 5.74) is 0.104. The summed E-state index contributed by atoms with van der Waals surface area (Å²) in [6.45, 7) is 13.4.